The number of tetrazole rings is 1. The van der Waals surface area contributed by atoms with Crippen LogP contribution < -0.4 is 9.64 Å². The highest BCUT2D eigenvalue weighted by Gasteiger charge is 2.17. The van der Waals surface area contributed by atoms with Gasteiger partial charge in [-0.25, -0.2) is 0 Å². The van der Waals surface area contributed by atoms with Gasteiger partial charge in [0.25, 0.3) is 5.91 Å². The molecule has 0 radical (unpaired) electrons. The number of rotatable bonds is 5. The summed E-state index contributed by atoms with van der Waals surface area (Å²) in [6, 6.07) is 12.5. The minimum Gasteiger partial charge on any atom is -0.452 e. The zero-order valence-electron chi connectivity index (χ0n) is 14.1. The third kappa shape index (κ3) is 3.79. The van der Waals surface area contributed by atoms with Crippen molar-refractivity contribution in [1.29, 1.82) is 0 Å². The van der Waals surface area contributed by atoms with Crippen molar-refractivity contribution >= 4 is 34.8 Å². The summed E-state index contributed by atoms with van der Waals surface area (Å²) in [4.78, 5) is 14.0. The number of para-hydroxylation sites is 1. The molecule has 1 amide bonds. The van der Waals surface area contributed by atoms with Crippen molar-refractivity contribution < 1.29 is 9.53 Å². The van der Waals surface area contributed by atoms with Gasteiger partial charge in [0.15, 0.2) is 6.61 Å². The summed E-state index contributed by atoms with van der Waals surface area (Å²) in [6.07, 6.45) is 0. The Bertz CT molecular complexity index is 944. The monoisotopic (exact) mass is 391 g/mol. The van der Waals surface area contributed by atoms with Crippen LogP contribution in [0.2, 0.25) is 10.0 Å². The van der Waals surface area contributed by atoms with Crippen molar-refractivity contribution in [2.24, 2.45) is 0 Å². The van der Waals surface area contributed by atoms with Crippen LogP contribution in [-0.4, -0.2) is 39.8 Å². The molecule has 0 aliphatic rings. The van der Waals surface area contributed by atoms with Gasteiger partial charge in [-0.05, 0) is 47.2 Å². The Balaban J connectivity index is 1.75. The number of amides is 1. The molecular formula is C17H15Cl2N5O2. The van der Waals surface area contributed by atoms with E-state index in [9.17, 15) is 4.79 Å². The highest BCUT2D eigenvalue weighted by molar-refractivity contribution is 6.34. The molecule has 0 fully saturated rings. The molecule has 0 bridgehead atoms. The molecule has 3 aromatic rings. The van der Waals surface area contributed by atoms with Crippen molar-refractivity contribution in [3.8, 4) is 11.7 Å². The summed E-state index contributed by atoms with van der Waals surface area (Å²) in [7, 11) is 1.69. The van der Waals surface area contributed by atoms with Crippen molar-refractivity contribution in [2.45, 2.75) is 6.92 Å². The van der Waals surface area contributed by atoms with Gasteiger partial charge in [-0.15, -0.1) is 0 Å². The molecule has 9 heteroatoms. The number of aromatic nitrogens is 4. The van der Waals surface area contributed by atoms with E-state index < -0.39 is 0 Å². The number of carbonyl (C=O) groups is 1. The predicted molar refractivity (Wildman–Crippen MR) is 99.3 cm³/mol. The predicted octanol–water partition coefficient (Wildman–Crippen LogP) is 3.32. The number of ether oxygens (including phenoxy) is 1. The van der Waals surface area contributed by atoms with Crippen LogP contribution in [-0.2, 0) is 4.79 Å². The molecule has 134 valence electrons. The first-order valence-electron chi connectivity index (χ1n) is 7.66. The van der Waals surface area contributed by atoms with E-state index >= 15 is 0 Å². The number of hydrogen-bond donors (Lipinski definition) is 0. The standard InChI is InChI=1S/C17H15Cl2N5O2/c1-11-5-3-4-6-14(11)23(2)16(25)10-26-17-20-21-22-24(17)15-9-12(18)7-8-13(15)19/h3-9H,10H2,1-2H3. The van der Waals surface area contributed by atoms with Crippen molar-refractivity contribution in [2.75, 3.05) is 18.6 Å². The van der Waals surface area contributed by atoms with Crippen LogP contribution in [0.5, 0.6) is 6.01 Å². The lowest BCUT2D eigenvalue weighted by atomic mass is 10.2. The van der Waals surface area contributed by atoms with E-state index in [0.717, 1.165) is 11.3 Å². The van der Waals surface area contributed by atoms with Crippen molar-refractivity contribution in [3.05, 3.63) is 58.1 Å². The van der Waals surface area contributed by atoms with E-state index in [1.165, 1.54) is 9.58 Å². The van der Waals surface area contributed by atoms with Gasteiger partial charge in [-0.3, -0.25) is 4.79 Å². The molecule has 0 unspecified atom stereocenters. The lowest BCUT2D eigenvalue weighted by molar-refractivity contribution is -0.120. The maximum atomic E-state index is 12.4. The first-order chi connectivity index (χ1) is 12.5. The van der Waals surface area contributed by atoms with Gasteiger partial charge < -0.3 is 9.64 Å². The van der Waals surface area contributed by atoms with Crippen molar-refractivity contribution in [1.82, 2.24) is 20.2 Å². The van der Waals surface area contributed by atoms with Crippen LogP contribution in [0.1, 0.15) is 5.56 Å². The van der Waals surface area contributed by atoms with Gasteiger partial charge in [0.2, 0.25) is 0 Å². The maximum absolute atomic E-state index is 12.4. The van der Waals surface area contributed by atoms with Crippen LogP contribution in [0.15, 0.2) is 42.5 Å². The van der Waals surface area contributed by atoms with Crippen molar-refractivity contribution in [3.63, 3.8) is 0 Å². The third-order valence-corrected chi connectivity index (χ3v) is 4.31. The van der Waals surface area contributed by atoms with Gasteiger partial charge >= 0.3 is 6.01 Å². The van der Waals surface area contributed by atoms with Gasteiger partial charge in [-0.2, -0.15) is 4.68 Å². The zero-order valence-corrected chi connectivity index (χ0v) is 15.6. The van der Waals surface area contributed by atoms with Gasteiger partial charge in [0.1, 0.15) is 0 Å². The summed E-state index contributed by atoms with van der Waals surface area (Å²) < 4.78 is 6.79. The molecule has 0 aliphatic carbocycles. The molecule has 0 saturated heterocycles. The first kappa shape index (κ1) is 18.2. The Labute approximate surface area is 160 Å². The van der Waals surface area contributed by atoms with E-state index in [-0.39, 0.29) is 18.5 Å². The Hall–Kier alpha value is -2.64. The SMILES string of the molecule is Cc1ccccc1N(C)C(=O)COc1nnnn1-c1cc(Cl)ccc1Cl. The Kier molecular flexibility index (Phi) is 5.39. The van der Waals surface area contributed by atoms with E-state index in [4.69, 9.17) is 27.9 Å². The number of hydrogen-bond acceptors (Lipinski definition) is 5. The molecule has 0 aliphatic heterocycles. The molecule has 26 heavy (non-hydrogen) atoms. The number of likely N-dealkylation sites (N-methyl/N-ethyl adjacent to an activating group) is 1. The Morgan fingerprint density at radius 3 is 2.77 bits per heavy atom. The molecule has 1 heterocycles. The molecule has 0 N–H and O–H groups in total. The third-order valence-electron chi connectivity index (χ3n) is 3.75. The molecule has 1 aromatic heterocycles. The quantitative estimate of drug-likeness (QED) is 0.666. The summed E-state index contributed by atoms with van der Waals surface area (Å²) in [5, 5.41) is 12.1. The van der Waals surface area contributed by atoms with Gasteiger partial charge in [-0.1, -0.05) is 46.5 Å². The minimum absolute atomic E-state index is 0.0423. The lowest BCUT2D eigenvalue weighted by Crippen LogP contribution is -2.32. The number of carbonyl (C=O) groups excluding carboxylic acids is 1. The zero-order chi connectivity index (χ0) is 18.7. The van der Waals surface area contributed by atoms with E-state index in [1.807, 2.05) is 31.2 Å². The lowest BCUT2D eigenvalue weighted by Gasteiger charge is -2.19. The molecule has 0 spiro atoms. The minimum atomic E-state index is -0.244. The van der Waals surface area contributed by atoms with Gasteiger partial charge in [0, 0.05) is 17.8 Å². The van der Waals surface area contributed by atoms with Crippen LogP contribution in [0.25, 0.3) is 5.69 Å². The average molecular weight is 392 g/mol. The normalized spacial score (nSPS) is 10.6. The van der Waals surface area contributed by atoms with Gasteiger partial charge in [0.05, 0.1) is 10.7 Å². The van der Waals surface area contributed by atoms with Crippen LogP contribution >= 0.6 is 23.2 Å². The van der Waals surface area contributed by atoms with Crippen LogP contribution in [0.4, 0.5) is 5.69 Å². The van der Waals surface area contributed by atoms with E-state index in [1.54, 1.807) is 25.2 Å². The summed E-state index contributed by atoms with van der Waals surface area (Å²) >= 11 is 12.2. The fourth-order valence-electron chi connectivity index (χ4n) is 2.37. The fourth-order valence-corrected chi connectivity index (χ4v) is 2.73. The number of halogens is 2. The highest BCUT2D eigenvalue weighted by atomic mass is 35.5. The first-order valence-corrected chi connectivity index (χ1v) is 8.42. The maximum Gasteiger partial charge on any atom is 0.340 e. The summed E-state index contributed by atoms with van der Waals surface area (Å²) in [6.45, 7) is 1.70. The Morgan fingerprint density at radius 1 is 1.23 bits per heavy atom. The smallest absolute Gasteiger partial charge is 0.340 e. The molecule has 0 saturated carbocycles. The van der Waals surface area contributed by atoms with Crippen LogP contribution in [0, 0.1) is 6.92 Å². The second-order valence-electron chi connectivity index (χ2n) is 5.50. The molecule has 7 nitrogen and oxygen atoms in total. The largest absolute Gasteiger partial charge is 0.452 e. The topological polar surface area (TPSA) is 73.1 Å². The number of aryl methyl sites for hydroxylation is 1. The summed E-state index contributed by atoms with van der Waals surface area (Å²) in [5.74, 6) is -0.244. The second-order valence-corrected chi connectivity index (χ2v) is 6.34. The van der Waals surface area contributed by atoms with E-state index in [2.05, 4.69) is 15.5 Å². The average Bonchev–Trinajstić information content (AvgIpc) is 3.10. The molecular weight excluding hydrogens is 377 g/mol. The molecule has 0 atom stereocenters. The number of benzene rings is 2. The summed E-state index contributed by atoms with van der Waals surface area (Å²) in [5.41, 5.74) is 2.25. The molecule has 3 rings (SSSR count). The second kappa shape index (κ2) is 7.72. The van der Waals surface area contributed by atoms with E-state index in [0.29, 0.717) is 15.7 Å². The number of anilines is 1. The highest BCUT2D eigenvalue weighted by Crippen LogP contribution is 2.26. The number of nitrogens with zero attached hydrogens (tertiary/aromatic N) is 5. The fraction of sp³-hybridized carbons (Fsp3) is 0.176. The van der Waals surface area contributed by atoms with Crippen LogP contribution in [0.3, 0.4) is 0 Å². The Morgan fingerprint density at radius 2 is 2.00 bits per heavy atom. The molecule has 2 aromatic carbocycles.